The number of fused-ring (bicyclic) bond motifs is 4. The van der Waals surface area contributed by atoms with Crippen molar-refractivity contribution in [3.63, 3.8) is 0 Å². The van der Waals surface area contributed by atoms with E-state index in [-0.39, 0.29) is 29.3 Å². The molecule has 2 N–H and O–H groups in total. The van der Waals surface area contributed by atoms with E-state index in [2.05, 4.69) is 53.4 Å². The molecular formula is C48H48N2O8. The van der Waals surface area contributed by atoms with Crippen molar-refractivity contribution in [1.82, 2.24) is 4.90 Å². The first-order valence-corrected chi connectivity index (χ1v) is 19.4. The number of carbonyl (C=O) groups is 2. The highest BCUT2D eigenvalue weighted by molar-refractivity contribution is 6.16. The third kappa shape index (κ3) is 6.01. The van der Waals surface area contributed by atoms with Crippen molar-refractivity contribution in [2.45, 2.75) is 51.6 Å². The normalized spacial score (nSPS) is 13.7. The Morgan fingerprint density at radius 3 is 1.22 bits per heavy atom. The van der Waals surface area contributed by atoms with E-state index >= 15 is 4.79 Å². The summed E-state index contributed by atoms with van der Waals surface area (Å²) in [6.45, 7) is 3.94. The summed E-state index contributed by atoms with van der Waals surface area (Å²) in [7, 11) is 9.34. The number of aryl methyl sites for hydroxylation is 2. The number of hydrogen-bond donors (Lipinski definition) is 1. The number of primary amides is 1. The van der Waals surface area contributed by atoms with E-state index in [1.165, 1.54) is 36.5 Å². The average molecular weight is 781 g/mol. The lowest BCUT2D eigenvalue weighted by molar-refractivity contribution is 0.0587. The van der Waals surface area contributed by atoms with E-state index in [4.69, 9.17) is 34.2 Å². The van der Waals surface area contributed by atoms with Crippen LogP contribution in [0.1, 0.15) is 54.1 Å². The summed E-state index contributed by atoms with van der Waals surface area (Å²) in [5.41, 5.74) is 14.7. The van der Waals surface area contributed by atoms with Crippen LogP contribution in [0, 0.1) is 13.8 Å². The molecule has 0 fully saturated rings. The highest BCUT2D eigenvalue weighted by atomic mass is 16.5. The topological polar surface area (TPSA) is 119 Å². The minimum Gasteiger partial charge on any atom is -0.495 e. The van der Waals surface area contributed by atoms with Gasteiger partial charge < -0.3 is 39.1 Å². The first-order chi connectivity index (χ1) is 28.1. The SMILES string of the molecule is COc1cc2c(OC)c(-c3c(C)cc4c(C(=O)N(C5Cc6ccccc6C5)C5Cc6ccccc6C5)c(OC)c(OC)cc4c3OC)c(C)cc2c(C(N)=O)c1OC. The van der Waals surface area contributed by atoms with E-state index in [0.717, 1.165) is 47.9 Å². The number of ether oxygens (including phenoxy) is 6. The fourth-order valence-electron chi connectivity index (χ4n) is 9.62. The van der Waals surface area contributed by atoms with Gasteiger partial charge in [-0.3, -0.25) is 9.59 Å². The molecule has 0 heterocycles. The van der Waals surface area contributed by atoms with Gasteiger partial charge in [0.25, 0.3) is 11.8 Å². The average Bonchev–Trinajstić information content (AvgIpc) is 3.85. The molecule has 0 aromatic heterocycles. The maximum Gasteiger partial charge on any atom is 0.258 e. The number of benzene rings is 6. The molecule has 0 bridgehead atoms. The van der Waals surface area contributed by atoms with Crippen molar-refractivity contribution < 1.29 is 38.0 Å². The van der Waals surface area contributed by atoms with Crippen molar-refractivity contribution in [3.05, 3.63) is 117 Å². The van der Waals surface area contributed by atoms with Crippen molar-refractivity contribution in [2.24, 2.45) is 5.73 Å². The predicted molar refractivity (Wildman–Crippen MR) is 226 cm³/mol. The second kappa shape index (κ2) is 15.2. The number of amides is 2. The molecule has 6 aromatic carbocycles. The fourth-order valence-corrected chi connectivity index (χ4v) is 9.62. The number of methoxy groups -OCH3 is 6. The van der Waals surface area contributed by atoms with Gasteiger partial charge in [0.1, 0.15) is 11.5 Å². The van der Waals surface area contributed by atoms with Crippen LogP contribution in [0.25, 0.3) is 32.7 Å². The van der Waals surface area contributed by atoms with E-state index in [1.807, 2.05) is 32.0 Å². The van der Waals surface area contributed by atoms with Gasteiger partial charge in [-0.25, -0.2) is 0 Å². The maximum atomic E-state index is 15.7. The van der Waals surface area contributed by atoms with Crippen LogP contribution in [0.15, 0.2) is 72.8 Å². The van der Waals surface area contributed by atoms with Crippen LogP contribution in [0.3, 0.4) is 0 Å². The Labute approximate surface area is 338 Å². The zero-order valence-corrected chi connectivity index (χ0v) is 34.2. The van der Waals surface area contributed by atoms with E-state index in [1.54, 1.807) is 34.5 Å². The zero-order valence-electron chi connectivity index (χ0n) is 34.2. The second-order valence-electron chi connectivity index (χ2n) is 15.1. The zero-order chi connectivity index (χ0) is 41.0. The maximum absolute atomic E-state index is 15.7. The van der Waals surface area contributed by atoms with Gasteiger partial charge in [-0.1, -0.05) is 48.5 Å². The van der Waals surface area contributed by atoms with Crippen LogP contribution in [-0.4, -0.2) is 71.5 Å². The van der Waals surface area contributed by atoms with Gasteiger partial charge in [0.05, 0.1) is 53.8 Å². The van der Waals surface area contributed by atoms with E-state index < -0.39 is 5.91 Å². The number of rotatable bonds is 11. The molecule has 0 saturated carbocycles. The van der Waals surface area contributed by atoms with Gasteiger partial charge in [0.15, 0.2) is 23.0 Å². The van der Waals surface area contributed by atoms with Gasteiger partial charge >= 0.3 is 0 Å². The van der Waals surface area contributed by atoms with Gasteiger partial charge in [-0.15, -0.1) is 0 Å². The summed E-state index contributed by atoms with van der Waals surface area (Å²) in [6.07, 6.45) is 3.06. The lowest BCUT2D eigenvalue weighted by Gasteiger charge is -2.36. The third-order valence-corrected chi connectivity index (χ3v) is 12.1. The minimum atomic E-state index is -0.662. The molecule has 0 aliphatic heterocycles. The lowest BCUT2D eigenvalue weighted by Crippen LogP contribution is -2.48. The highest BCUT2D eigenvalue weighted by Gasteiger charge is 2.40. The van der Waals surface area contributed by atoms with Gasteiger partial charge in [-0.2, -0.15) is 0 Å². The Balaban J connectivity index is 1.37. The first-order valence-electron chi connectivity index (χ1n) is 19.4. The Kier molecular flexibility index (Phi) is 10.0. The molecule has 2 aliphatic carbocycles. The molecule has 0 unspecified atom stereocenters. The molecule has 8 rings (SSSR count). The fraction of sp³-hybridized carbons (Fsp3) is 0.292. The minimum absolute atomic E-state index is 0.0529. The summed E-state index contributed by atoms with van der Waals surface area (Å²) < 4.78 is 36.0. The number of hydrogen-bond acceptors (Lipinski definition) is 8. The van der Waals surface area contributed by atoms with Crippen molar-refractivity contribution >= 4 is 33.4 Å². The smallest absolute Gasteiger partial charge is 0.258 e. The van der Waals surface area contributed by atoms with Gasteiger partial charge in [0.2, 0.25) is 0 Å². The van der Waals surface area contributed by atoms with E-state index in [9.17, 15) is 4.79 Å². The third-order valence-electron chi connectivity index (χ3n) is 12.1. The van der Waals surface area contributed by atoms with Crippen LogP contribution in [0.2, 0.25) is 0 Å². The Morgan fingerprint density at radius 2 is 0.879 bits per heavy atom. The monoisotopic (exact) mass is 780 g/mol. The van der Waals surface area contributed by atoms with Crippen LogP contribution in [0.5, 0.6) is 34.5 Å². The Bertz CT molecular complexity index is 2550. The Hall–Kier alpha value is -6.42. The number of nitrogens with zero attached hydrogens (tertiary/aromatic N) is 1. The summed E-state index contributed by atoms with van der Waals surface area (Å²) in [6, 6.07) is 24.4. The molecule has 0 saturated heterocycles. The molecule has 6 aromatic rings. The molecule has 0 atom stereocenters. The molecule has 0 radical (unpaired) electrons. The largest absolute Gasteiger partial charge is 0.495 e. The summed E-state index contributed by atoms with van der Waals surface area (Å²) in [4.78, 5) is 30.8. The molecule has 10 heteroatoms. The molecule has 58 heavy (non-hydrogen) atoms. The van der Waals surface area contributed by atoms with Crippen molar-refractivity contribution in [1.29, 1.82) is 0 Å². The second-order valence-corrected chi connectivity index (χ2v) is 15.1. The van der Waals surface area contributed by atoms with Crippen LogP contribution < -0.4 is 34.2 Å². The summed E-state index contributed by atoms with van der Waals surface area (Å²) in [5.74, 6) is 1.57. The lowest BCUT2D eigenvalue weighted by atomic mass is 9.87. The number of carbonyl (C=O) groups excluding carboxylic acids is 2. The molecule has 0 spiro atoms. The number of nitrogens with two attached hydrogens (primary N) is 1. The van der Waals surface area contributed by atoms with Crippen LogP contribution in [-0.2, 0) is 25.7 Å². The summed E-state index contributed by atoms with van der Waals surface area (Å²) in [5, 5.41) is 2.50. The standard InChI is InChI=1S/C48H48N2O8/c1-25-17-33-35(23-37(53-3)45(57-7)41(33)47(49)51)43(55-5)39(25)40-26(2)18-34-36(44(40)56-6)24-38(54-4)46(58-8)42(34)48(52)50(31-19-27-13-9-10-14-28(27)20-31)32-21-29-15-11-12-16-30(29)22-32/h9-18,23-24,31-32H,19-22H2,1-8H3,(H2,49,51). The molecular weight excluding hydrogens is 733 g/mol. The molecule has 298 valence electrons. The highest BCUT2D eigenvalue weighted by Crippen LogP contribution is 2.52. The van der Waals surface area contributed by atoms with Crippen LogP contribution >= 0.6 is 0 Å². The van der Waals surface area contributed by atoms with Crippen molar-refractivity contribution in [2.75, 3.05) is 42.7 Å². The molecule has 2 aliphatic rings. The van der Waals surface area contributed by atoms with Crippen LogP contribution in [0.4, 0.5) is 0 Å². The summed E-state index contributed by atoms with van der Waals surface area (Å²) >= 11 is 0. The van der Waals surface area contributed by atoms with Crippen molar-refractivity contribution in [3.8, 4) is 45.6 Å². The van der Waals surface area contributed by atoms with E-state index in [0.29, 0.717) is 55.9 Å². The predicted octanol–water partition coefficient (Wildman–Crippen LogP) is 8.20. The Morgan fingerprint density at radius 1 is 0.517 bits per heavy atom. The quantitative estimate of drug-likeness (QED) is 0.140. The first kappa shape index (κ1) is 38.5. The van der Waals surface area contributed by atoms with Gasteiger partial charge in [-0.05, 0) is 97.2 Å². The molecule has 2 amide bonds. The molecule has 10 nitrogen and oxygen atoms in total. The van der Waals surface area contributed by atoms with Gasteiger partial charge in [0, 0.05) is 44.8 Å².